The zero-order valence-corrected chi connectivity index (χ0v) is 10.2. The number of hydrogen-bond acceptors (Lipinski definition) is 4. The van der Waals surface area contributed by atoms with Crippen LogP contribution in [0.3, 0.4) is 0 Å². The van der Waals surface area contributed by atoms with Crippen molar-refractivity contribution in [3.05, 3.63) is 23.8 Å². The molecule has 1 heterocycles. The van der Waals surface area contributed by atoms with Crippen LogP contribution in [0, 0.1) is 11.3 Å². The highest BCUT2D eigenvalue weighted by Gasteiger charge is 2.19. The molecule has 1 aromatic carbocycles. The van der Waals surface area contributed by atoms with Gasteiger partial charge in [0.15, 0.2) is 5.75 Å². The van der Waals surface area contributed by atoms with Gasteiger partial charge in [-0.05, 0) is 19.1 Å². The average Bonchev–Trinajstić information content (AvgIpc) is 2.38. The van der Waals surface area contributed by atoms with Crippen molar-refractivity contribution in [1.82, 2.24) is 5.32 Å². The number of nitrogens with one attached hydrogen (secondary N) is 2. The summed E-state index contributed by atoms with van der Waals surface area (Å²) < 4.78 is 5.53. The van der Waals surface area contributed by atoms with Gasteiger partial charge >= 0.3 is 0 Å². The molecular formula is C13H15N3O2. The lowest BCUT2D eigenvalue weighted by Gasteiger charge is -2.22. The third-order valence-corrected chi connectivity index (χ3v) is 2.70. The van der Waals surface area contributed by atoms with Crippen molar-refractivity contribution in [3.63, 3.8) is 0 Å². The van der Waals surface area contributed by atoms with E-state index in [0.29, 0.717) is 24.3 Å². The first-order chi connectivity index (χ1) is 8.72. The monoisotopic (exact) mass is 245 g/mol. The topological polar surface area (TPSA) is 74.2 Å². The second kappa shape index (κ2) is 5.41. The molecule has 0 radical (unpaired) electrons. The number of rotatable bonds is 3. The van der Waals surface area contributed by atoms with E-state index in [9.17, 15) is 4.79 Å². The first-order valence-electron chi connectivity index (χ1n) is 5.90. The molecule has 1 aromatic rings. The highest BCUT2D eigenvalue weighted by Crippen LogP contribution is 2.31. The lowest BCUT2D eigenvalue weighted by atomic mass is 10.1. The van der Waals surface area contributed by atoms with Crippen molar-refractivity contribution in [2.75, 3.05) is 18.5 Å². The van der Waals surface area contributed by atoms with Crippen LogP contribution in [0.15, 0.2) is 18.2 Å². The van der Waals surface area contributed by atoms with E-state index in [2.05, 4.69) is 10.6 Å². The number of hydrogen-bond donors (Lipinski definition) is 2. The molecule has 5 heteroatoms. The van der Waals surface area contributed by atoms with Crippen LogP contribution in [0.1, 0.15) is 23.7 Å². The Hall–Kier alpha value is -2.22. The number of anilines is 1. The SMILES string of the molecule is CC(CC#N)NC(=O)c1cccc2c1OCCN2. The predicted molar refractivity (Wildman–Crippen MR) is 67.6 cm³/mol. The Kier molecular flexibility index (Phi) is 3.68. The van der Waals surface area contributed by atoms with Gasteiger partial charge < -0.3 is 15.4 Å². The second-order valence-electron chi connectivity index (χ2n) is 4.19. The Morgan fingerprint density at radius 3 is 3.28 bits per heavy atom. The Morgan fingerprint density at radius 1 is 1.67 bits per heavy atom. The minimum Gasteiger partial charge on any atom is -0.489 e. The molecule has 1 aliphatic heterocycles. The maximum atomic E-state index is 12.1. The molecule has 1 unspecified atom stereocenters. The summed E-state index contributed by atoms with van der Waals surface area (Å²) >= 11 is 0. The van der Waals surface area contributed by atoms with Crippen molar-refractivity contribution < 1.29 is 9.53 Å². The van der Waals surface area contributed by atoms with Crippen molar-refractivity contribution in [2.45, 2.75) is 19.4 Å². The summed E-state index contributed by atoms with van der Waals surface area (Å²) in [5.74, 6) is 0.378. The summed E-state index contributed by atoms with van der Waals surface area (Å²) in [5, 5.41) is 14.5. The van der Waals surface area contributed by atoms with Crippen LogP contribution in [0.5, 0.6) is 5.75 Å². The number of ether oxygens (including phenoxy) is 1. The molecule has 1 atom stereocenters. The minimum atomic E-state index is -0.210. The first-order valence-corrected chi connectivity index (χ1v) is 5.90. The zero-order valence-electron chi connectivity index (χ0n) is 10.2. The van der Waals surface area contributed by atoms with Crippen molar-refractivity contribution >= 4 is 11.6 Å². The van der Waals surface area contributed by atoms with E-state index < -0.39 is 0 Å². The molecule has 5 nitrogen and oxygen atoms in total. The van der Waals surface area contributed by atoms with Gasteiger partial charge in [-0.2, -0.15) is 5.26 Å². The molecular weight excluding hydrogens is 230 g/mol. The van der Waals surface area contributed by atoms with E-state index in [1.54, 1.807) is 13.0 Å². The predicted octanol–water partition coefficient (Wildman–Crippen LogP) is 1.52. The number of benzene rings is 1. The average molecular weight is 245 g/mol. The summed E-state index contributed by atoms with van der Waals surface area (Å²) in [6.07, 6.45) is 0.292. The maximum Gasteiger partial charge on any atom is 0.255 e. The fraction of sp³-hybridized carbons (Fsp3) is 0.385. The maximum absolute atomic E-state index is 12.1. The van der Waals surface area contributed by atoms with Crippen LogP contribution in [-0.4, -0.2) is 25.1 Å². The van der Waals surface area contributed by atoms with Crippen LogP contribution >= 0.6 is 0 Å². The molecule has 0 aromatic heterocycles. The second-order valence-corrected chi connectivity index (χ2v) is 4.19. The highest BCUT2D eigenvalue weighted by atomic mass is 16.5. The Bertz CT molecular complexity index is 493. The quantitative estimate of drug-likeness (QED) is 0.846. The summed E-state index contributed by atoms with van der Waals surface area (Å²) in [6, 6.07) is 7.27. The van der Waals surface area contributed by atoms with Gasteiger partial charge in [0.1, 0.15) is 6.61 Å². The summed E-state index contributed by atoms with van der Waals surface area (Å²) in [7, 11) is 0. The van der Waals surface area contributed by atoms with E-state index in [1.807, 2.05) is 18.2 Å². The number of nitrogens with zero attached hydrogens (tertiary/aromatic N) is 1. The number of amides is 1. The van der Waals surface area contributed by atoms with Gasteiger partial charge in [-0.15, -0.1) is 0 Å². The molecule has 0 spiro atoms. The van der Waals surface area contributed by atoms with E-state index >= 15 is 0 Å². The van der Waals surface area contributed by atoms with E-state index in [0.717, 1.165) is 12.2 Å². The van der Waals surface area contributed by atoms with Crippen LogP contribution in [0.25, 0.3) is 0 Å². The molecule has 0 aliphatic carbocycles. The minimum absolute atomic E-state index is 0.171. The Labute approximate surface area is 106 Å². The van der Waals surface area contributed by atoms with Crippen molar-refractivity contribution in [2.24, 2.45) is 0 Å². The molecule has 1 amide bonds. The number of carbonyl (C=O) groups excluding carboxylic acids is 1. The summed E-state index contributed by atoms with van der Waals surface area (Å²) in [6.45, 7) is 3.09. The zero-order chi connectivity index (χ0) is 13.0. The smallest absolute Gasteiger partial charge is 0.255 e. The van der Waals surface area contributed by atoms with Gasteiger partial charge in [0, 0.05) is 12.6 Å². The van der Waals surface area contributed by atoms with Gasteiger partial charge in [0.2, 0.25) is 0 Å². The fourth-order valence-electron chi connectivity index (χ4n) is 1.84. The van der Waals surface area contributed by atoms with Gasteiger partial charge in [-0.1, -0.05) is 6.07 Å². The van der Waals surface area contributed by atoms with E-state index in [-0.39, 0.29) is 11.9 Å². The Balaban J connectivity index is 2.18. The number of nitriles is 1. The molecule has 18 heavy (non-hydrogen) atoms. The third-order valence-electron chi connectivity index (χ3n) is 2.70. The van der Waals surface area contributed by atoms with Gasteiger partial charge in [-0.25, -0.2) is 0 Å². The normalized spacial score (nSPS) is 14.4. The van der Waals surface area contributed by atoms with E-state index in [1.165, 1.54) is 0 Å². The molecule has 0 fully saturated rings. The number of carbonyl (C=O) groups is 1. The van der Waals surface area contributed by atoms with E-state index in [4.69, 9.17) is 10.00 Å². The summed E-state index contributed by atoms with van der Waals surface area (Å²) in [4.78, 5) is 12.1. The van der Waals surface area contributed by atoms with Gasteiger partial charge in [-0.3, -0.25) is 4.79 Å². The van der Waals surface area contributed by atoms with Crippen LogP contribution in [-0.2, 0) is 0 Å². The molecule has 2 N–H and O–H groups in total. The number of fused-ring (bicyclic) bond motifs is 1. The highest BCUT2D eigenvalue weighted by molar-refractivity contribution is 5.99. The molecule has 1 aliphatic rings. The largest absolute Gasteiger partial charge is 0.489 e. The lowest BCUT2D eigenvalue weighted by Crippen LogP contribution is -2.33. The molecule has 0 bridgehead atoms. The van der Waals surface area contributed by atoms with Crippen LogP contribution in [0.2, 0.25) is 0 Å². The molecule has 94 valence electrons. The summed E-state index contributed by atoms with van der Waals surface area (Å²) in [5.41, 5.74) is 1.34. The van der Waals surface area contributed by atoms with Crippen LogP contribution < -0.4 is 15.4 Å². The standard InChI is InChI=1S/C13H15N3O2/c1-9(5-6-14)16-13(17)10-3-2-4-11-12(10)18-8-7-15-11/h2-4,9,15H,5,7-8H2,1H3,(H,16,17). The number of para-hydroxylation sites is 1. The lowest BCUT2D eigenvalue weighted by molar-refractivity contribution is 0.0936. The third kappa shape index (κ3) is 2.54. The Morgan fingerprint density at radius 2 is 2.50 bits per heavy atom. The van der Waals surface area contributed by atoms with Crippen LogP contribution in [0.4, 0.5) is 5.69 Å². The molecule has 0 saturated carbocycles. The van der Waals surface area contributed by atoms with Gasteiger partial charge in [0.05, 0.1) is 23.7 Å². The van der Waals surface area contributed by atoms with Gasteiger partial charge in [0.25, 0.3) is 5.91 Å². The van der Waals surface area contributed by atoms with Crippen molar-refractivity contribution in [1.29, 1.82) is 5.26 Å². The first kappa shape index (κ1) is 12.2. The molecule has 0 saturated heterocycles. The van der Waals surface area contributed by atoms with Crippen molar-refractivity contribution in [3.8, 4) is 11.8 Å². The fourth-order valence-corrected chi connectivity index (χ4v) is 1.84. The molecule has 2 rings (SSSR count).